The average molecular weight is 348 g/mol. The summed E-state index contributed by atoms with van der Waals surface area (Å²) in [6.07, 6.45) is 0.679. The Bertz CT molecular complexity index is 622. The number of carbonyl (C=O) groups is 1. The molecule has 1 aromatic carbocycles. The minimum Gasteiger partial charge on any atom is -0.444 e. The summed E-state index contributed by atoms with van der Waals surface area (Å²) in [5.41, 5.74) is 1.47. The maximum absolute atomic E-state index is 14.5. The number of alkyl halides is 1. The van der Waals surface area contributed by atoms with E-state index >= 15 is 0 Å². The Hall–Kier alpha value is -1.91. The second-order valence-corrected chi connectivity index (χ2v) is 7.89. The van der Waals surface area contributed by atoms with E-state index in [2.05, 4.69) is 24.9 Å². The number of halogens is 1. The molecule has 0 bridgehead atoms. The summed E-state index contributed by atoms with van der Waals surface area (Å²) in [4.78, 5) is 18.0. The fraction of sp³-hybridized carbons (Fsp3) is 0.600. The summed E-state index contributed by atoms with van der Waals surface area (Å²) < 4.78 is 19.8. The van der Waals surface area contributed by atoms with Crippen molar-refractivity contribution in [3.63, 3.8) is 0 Å². The van der Waals surface area contributed by atoms with Crippen molar-refractivity contribution in [3.05, 3.63) is 29.8 Å². The molecule has 1 unspecified atom stereocenters. The molecule has 1 aliphatic heterocycles. The monoisotopic (exact) mass is 348 g/mol. The maximum Gasteiger partial charge on any atom is 0.410 e. The molecule has 1 heterocycles. The van der Waals surface area contributed by atoms with Crippen molar-refractivity contribution in [1.29, 1.82) is 0 Å². The third kappa shape index (κ3) is 5.55. The Labute approximate surface area is 150 Å². The Morgan fingerprint density at radius 1 is 1.36 bits per heavy atom. The number of hydrogen-bond donors (Lipinski definition) is 0. The van der Waals surface area contributed by atoms with Gasteiger partial charge in [-0.3, -0.25) is 4.99 Å². The Kier molecular flexibility index (Phi) is 6.20. The topological polar surface area (TPSA) is 41.9 Å². The molecule has 2 atom stereocenters. The molecule has 1 aromatic rings. The number of para-hydroxylation sites is 1. The molecule has 0 aliphatic carbocycles. The first-order valence-corrected chi connectivity index (χ1v) is 8.92. The molecule has 1 saturated heterocycles. The Morgan fingerprint density at radius 3 is 2.64 bits per heavy atom. The van der Waals surface area contributed by atoms with E-state index in [-0.39, 0.29) is 12.5 Å². The van der Waals surface area contributed by atoms with Crippen molar-refractivity contribution < 1.29 is 13.9 Å². The number of amides is 1. The van der Waals surface area contributed by atoms with Crippen LogP contribution < -0.4 is 0 Å². The van der Waals surface area contributed by atoms with Crippen LogP contribution in [0.5, 0.6) is 0 Å². The summed E-state index contributed by atoms with van der Waals surface area (Å²) in [6, 6.07) is 7.94. The van der Waals surface area contributed by atoms with Crippen LogP contribution in [0.2, 0.25) is 0 Å². The van der Waals surface area contributed by atoms with Gasteiger partial charge in [0.15, 0.2) is 0 Å². The smallest absolute Gasteiger partial charge is 0.410 e. The standard InChI is InChI=1S/C20H29FN2O2/c1-14(2)16-8-6-7-9-18(16)22-12-15-10-11-23(13-17(15)21)19(24)25-20(3,4)5/h6-9,12,14-15,17H,10-11,13H2,1-5H3/t15?,17-/m0/s1. The van der Waals surface area contributed by atoms with Gasteiger partial charge in [0, 0.05) is 18.7 Å². The highest BCUT2D eigenvalue weighted by atomic mass is 19.1. The van der Waals surface area contributed by atoms with Crippen LogP contribution in [0.1, 0.15) is 52.5 Å². The van der Waals surface area contributed by atoms with Crippen molar-refractivity contribution in [2.24, 2.45) is 10.9 Å². The van der Waals surface area contributed by atoms with Gasteiger partial charge in [-0.05, 0) is 44.7 Å². The van der Waals surface area contributed by atoms with E-state index in [1.165, 1.54) is 4.90 Å². The van der Waals surface area contributed by atoms with Gasteiger partial charge in [-0.25, -0.2) is 9.18 Å². The van der Waals surface area contributed by atoms with Gasteiger partial charge in [0.2, 0.25) is 0 Å². The first-order valence-electron chi connectivity index (χ1n) is 8.92. The van der Waals surface area contributed by atoms with Crippen LogP contribution >= 0.6 is 0 Å². The lowest BCUT2D eigenvalue weighted by Gasteiger charge is -2.34. The highest BCUT2D eigenvalue weighted by molar-refractivity contribution is 5.71. The summed E-state index contributed by atoms with van der Waals surface area (Å²) in [5.74, 6) is 0.0856. The van der Waals surface area contributed by atoms with Gasteiger partial charge in [0.25, 0.3) is 0 Å². The quantitative estimate of drug-likeness (QED) is 0.713. The van der Waals surface area contributed by atoms with Gasteiger partial charge >= 0.3 is 6.09 Å². The molecule has 25 heavy (non-hydrogen) atoms. The second kappa shape index (κ2) is 7.98. The molecule has 5 heteroatoms. The summed E-state index contributed by atoms with van der Waals surface area (Å²) >= 11 is 0. The second-order valence-electron chi connectivity index (χ2n) is 7.89. The van der Waals surface area contributed by atoms with Gasteiger partial charge in [-0.2, -0.15) is 0 Å². The first-order chi connectivity index (χ1) is 11.7. The van der Waals surface area contributed by atoms with Gasteiger partial charge in [0.1, 0.15) is 11.8 Å². The number of ether oxygens (including phenoxy) is 1. The van der Waals surface area contributed by atoms with Crippen molar-refractivity contribution in [1.82, 2.24) is 4.90 Å². The summed E-state index contributed by atoms with van der Waals surface area (Å²) in [5, 5.41) is 0. The predicted octanol–water partition coefficient (Wildman–Crippen LogP) is 5.11. The summed E-state index contributed by atoms with van der Waals surface area (Å²) in [6.45, 7) is 10.2. The molecule has 1 aliphatic rings. The van der Waals surface area contributed by atoms with Crippen LogP contribution in [0.4, 0.5) is 14.9 Å². The number of hydrogen-bond acceptors (Lipinski definition) is 3. The molecular weight excluding hydrogens is 319 g/mol. The largest absolute Gasteiger partial charge is 0.444 e. The number of benzene rings is 1. The lowest BCUT2D eigenvalue weighted by Crippen LogP contribution is -2.47. The molecule has 4 nitrogen and oxygen atoms in total. The van der Waals surface area contributed by atoms with Crippen molar-refractivity contribution in [2.75, 3.05) is 13.1 Å². The molecule has 0 N–H and O–H groups in total. The number of nitrogens with zero attached hydrogens (tertiary/aromatic N) is 2. The Balaban J connectivity index is 1.99. The van der Waals surface area contributed by atoms with Crippen molar-refractivity contribution >= 4 is 18.0 Å². The minimum absolute atomic E-state index is 0.0530. The van der Waals surface area contributed by atoms with E-state index in [9.17, 15) is 9.18 Å². The third-order valence-corrected chi connectivity index (χ3v) is 4.21. The SMILES string of the molecule is CC(C)c1ccccc1N=CC1CCN(C(=O)OC(C)(C)C)C[C@@H]1F. The Morgan fingerprint density at radius 2 is 2.04 bits per heavy atom. The summed E-state index contributed by atoms with van der Waals surface area (Å²) in [7, 11) is 0. The van der Waals surface area contributed by atoms with Crippen LogP contribution in [-0.4, -0.2) is 42.1 Å². The van der Waals surface area contributed by atoms with Gasteiger partial charge < -0.3 is 9.64 Å². The van der Waals surface area contributed by atoms with E-state index in [4.69, 9.17) is 4.74 Å². The van der Waals surface area contributed by atoms with Crippen LogP contribution in [0.15, 0.2) is 29.3 Å². The molecular formula is C20H29FN2O2. The van der Waals surface area contributed by atoms with Crippen molar-refractivity contribution in [3.8, 4) is 0 Å². The number of carbonyl (C=O) groups excluding carboxylic acids is 1. The van der Waals surface area contributed by atoms with Crippen LogP contribution in [0, 0.1) is 5.92 Å². The zero-order valence-corrected chi connectivity index (χ0v) is 15.8. The van der Waals surface area contributed by atoms with E-state index in [0.717, 1.165) is 11.3 Å². The molecule has 2 rings (SSSR count). The molecule has 0 radical (unpaired) electrons. The lowest BCUT2D eigenvalue weighted by atomic mass is 9.96. The van der Waals surface area contributed by atoms with Crippen LogP contribution in [0.25, 0.3) is 0 Å². The predicted molar refractivity (Wildman–Crippen MR) is 99.5 cm³/mol. The van der Waals surface area contributed by atoms with Crippen LogP contribution in [-0.2, 0) is 4.74 Å². The fourth-order valence-electron chi connectivity index (χ4n) is 2.85. The molecule has 1 amide bonds. The molecule has 0 aromatic heterocycles. The zero-order valence-electron chi connectivity index (χ0n) is 15.8. The number of likely N-dealkylation sites (tertiary alicyclic amines) is 1. The van der Waals surface area contributed by atoms with Gasteiger partial charge in [-0.1, -0.05) is 32.0 Å². The van der Waals surface area contributed by atoms with E-state index in [1.54, 1.807) is 6.21 Å². The van der Waals surface area contributed by atoms with E-state index < -0.39 is 17.9 Å². The van der Waals surface area contributed by atoms with Crippen molar-refractivity contribution in [2.45, 2.75) is 58.7 Å². The third-order valence-electron chi connectivity index (χ3n) is 4.21. The number of rotatable bonds is 3. The molecule has 138 valence electrons. The minimum atomic E-state index is -1.13. The zero-order chi connectivity index (χ0) is 18.6. The molecule has 1 fully saturated rings. The highest BCUT2D eigenvalue weighted by Gasteiger charge is 2.32. The van der Waals surface area contributed by atoms with Crippen LogP contribution in [0.3, 0.4) is 0 Å². The van der Waals surface area contributed by atoms with E-state index in [1.807, 2.05) is 39.0 Å². The fourth-order valence-corrected chi connectivity index (χ4v) is 2.85. The van der Waals surface area contributed by atoms with Gasteiger partial charge in [-0.15, -0.1) is 0 Å². The normalized spacial score (nSPS) is 21.8. The molecule has 0 saturated carbocycles. The first kappa shape index (κ1) is 19.4. The van der Waals surface area contributed by atoms with E-state index in [0.29, 0.717) is 18.9 Å². The highest BCUT2D eigenvalue weighted by Crippen LogP contribution is 2.27. The lowest BCUT2D eigenvalue weighted by molar-refractivity contribution is 0.0106. The molecule has 0 spiro atoms. The average Bonchev–Trinajstić information content (AvgIpc) is 2.52. The number of aliphatic imine (C=N–C) groups is 1. The van der Waals surface area contributed by atoms with Gasteiger partial charge in [0.05, 0.1) is 12.2 Å². The maximum atomic E-state index is 14.5. The number of piperidine rings is 1.